The van der Waals surface area contributed by atoms with E-state index < -0.39 is 5.97 Å². The molecule has 0 atom stereocenters. The van der Waals surface area contributed by atoms with Gasteiger partial charge in [0.25, 0.3) is 0 Å². The Kier molecular flexibility index (Phi) is 4.36. The summed E-state index contributed by atoms with van der Waals surface area (Å²) >= 11 is 0. The van der Waals surface area contributed by atoms with E-state index in [0.717, 1.165) is 5.56 Å². The van der Waals surface area contributed by atoms with Gasteiger partial charge in [-0.1, -0.05) is 0 Å². The second-order valence-corrected chi connectivity index (χ2v) is 4.20. The number of benzene rings is 1. The zero-order valence-corrected chi connectivity index (χ0v) is 11.4. The molecule has 0 fully saturated rings. The van der Waals surface area contributed by atoms with Crippen LogP contribution < -0.4 is 10.5 Å². The lowest BCUT2D eigenvalue weighted by Gasteiger charge is -2.11. The van der Waals surface area contributed by atoms with E-state index >= 15 is 0 Å². The molecule has 6 heteroatoms. The molecule has 1 aromatic carbocycles. The number of hydrogen-bond acceptors (Lipinski definition) is 6. The van der Waals surface area contributed by atoms with E-state index in [1.165, 1.54) is 13.3 Å². The molecule has 1 heterocycles. The van der Waals surface area contributed by atoms with Crippen LogP contribution in [0.2, 0.25) is 0 Å². The SMILES string of the molecule is COC(=O)c1ccc(N)cc1OCc1ccnc(C#N)c1. The Morgan fingerprint density at radius 2 is 2.19 bits per heavy atom. The molecule has 0 amide bonds. The lowest BCUT2D eigenvalue weighted by molar-refractivity contribution is 0.0595. The van der Waals surface area contributed by atoms with Crippen LogP contribution in [0.4, 0.5) is 5.69 Å². The molecule has 0 spiro atoms. The van der Waals surface area contributed by atoms with Gasteiger partial charge in [-0.3, -0.25) is 0 Å². The van der Waals surface area contributed by atoms with E-state index in [0.29, 0.717) is 22.7 Å². The molecule has 0 aliphatic carbocycles. The summed E-state index contributed by atoms with van der Waals surface area (Å²) in [5.74, 6) is -0.172. The molecule has 21 heavy (non-hydrogen) atoms. The number of pyridine rings is 1. The number of anilines is 1. The van der Waals surface area contributed by atoms with Gasteiger partial charge in [0.15, 0.2) is 0 Å². The normalized spacial score (nSPS) is 9.71. The first-order valence-corrected chi connectivity index (χ1v) is 6.09. The predicted octanol–water partition coefficient (Wildman–Crippen LogP) is 1.90. The van der Waals surface area contributed by atoms with Gasteiger partial charge in [-0.25, -0.2) is 9.78 Å². The van der Waals surface area contributed by atoms with Gasteiger partial charge >= 0.3 is 5.97 Å². The van der Waals surface area contributed by atoms with Crippen LogP contribution >= 0.6 is 0 Å². The number of rotatable bonds is 4. The van der Waals surface area contributed by atoms with E-state index in [1.807, 2.05) is 6.07 Å². The summed E-state index contributed by atoms with van der Waals surface area (Å²) in [5, 5.41) is 8.80. The van der Waals surface area contributed by atoms with E-state index in [4.69, 9.17) is 20.5 Å². The molecule has 2 aromatic rings. The summed E-state index contributed by atoms with van der Waals surface area (Å²) < 4.78 is 10.3. The van der Waals surface area contributed by atoms with E-state index in [9.17, 15) is 4.79 Å². The maximum Gasteiger partial charge on any atom is 0.341 e. The first kappa shape index (κ1) is 14.3. The first-order chi connectivity index (χ1) is 10.1. The van der Waals surface area contributed by atoms with Gasteiger partial charge < -0.3 is 15.2 Å². The smallest absolute Gasteiger partial charge is 0.341 e. The van der Waals surface area contributed by atoms with Crippen LogP contribution in [0.5, 0.6) is 5.75 Å². The third kappa shape index (κ3) is 3.48. The van der Waals surface area contributed by atoms with Gasteiger partial charge in [-0.15, -0.1) is 0 Å². The second-order valence-electron chi connectivity index (χ2n) is 4.20. The topological polar surface area (TPSA) is 98.2 Å². The largest absolute Gasteiger partial charge is 0.488 e. The minimum Gasteiger partial charge on any atom is -0.488 e. The molecule has 2 N–H and O–H groups in total. The molecule has 2 rings (SSSR count). The Morgan fingerprint density at radius 1 is 1.38 bits per heavy atom. The third-order valence-electron chi connectivity index (χ3n) is 2.74. The van der Waals surface area contributed by atoms with Crippen LogP contribution in [-0.4, -0.2) is 18.1 Å². The zero-order chi connectivity index (χ0) is 15.2. The zero-order valence-electron chi connectivity index (χ0n) is 11.4. The Hall–Kier alpha value is -3.07. The monoisotopic (exact) mass is 283 g/mol. The Bertz CT molecular complexity index is 708. The number of nitrogen functional groups attached to an aromatic ring is 1. The molecule has 0 bridgehead atoms. The predicted molar refractivity (Wildman–Crippen MR) is 75.5 cm³/mol. The van der Waals surface area contributed by atoms with Crippen LogP contribution in [0, 0.1) is 11.3 Å². The van der Waals surface area contributed by atoms with Crippen molar-refractivity contribution in [1.82, 2.24) is 4.98 Å². The number of hydrogen-bond donors (Lipinski definition) is 1. The van der Waals surface area contributed by atoms with Crippen LogP contribution in [-0.2, 0) is 11.3 Å². The van der Waals surface area contributed by atoms with Gasteiger partial charge in [-0.2, -0.15) is 5.26 Å². The Morgan fingerprint density at radius 3 is 2.90 bits per heavy atom. The summed E-state index contributed by atoms with van der Waals surface area (Å²) in [6.07, 6.45) is 1.53. The van der Waals surface area contributed by atoms with Crippen LogP contribution in [0.15, 0.2) is 36.5 Å². The van der Waals surface area contributed by atoms with Crippen molar-refractivity contribution in [2.75, 3.05) is 12.8 Å². The quantitative estimate of drug-likeness (QED) is 0.679. The highest BCUT2D eigenvalue weighted by atomic mass is 16.5. The van der Waals surface area contributed by atoms with Crippen LogP contribution in [0.25, 0.3) is 0 Å². The summed E-state index contributed by atoms with van der Waals surface area (Å²) in [6, 6.07) is 9.99. The summed E-state index contributed by atoms with van der Waals surface area (Å²) in [7, 11) is 1.30. The molecule has 0 saturated carbocycles. The minimum atomic E-state index is -0.502. The number of methoxy groups -OCH3 is 1. The summed E-state index contributed by atoms with van der Waals surface area (Å²) in [5.41, 5.74) is 7.53. The highest BCUT2D eigenvalue weighted by Crippen LogP contribution is 2.23. The van der Waals surface area contributed by atoms with Gasteiger partial charge in [-0.05, 0) is 29.8 Å². The van der Waals surface area contributed by atoms with Crippen molar-refractivity contribution in [1.29, 1.82) is 5.26 Å². The van der Waals surface area contributed by atoms with Crippen molar-refractivity contribution < 1.29 is 14.3 Å². The van der Waals surface area contributed by atoms with Crippen molar-refractivity contribution in [2.24, 2.45) is 0 Å². The van der Waals surface area contributed by atoms with Crippen LogP contribution in [0.3, 0.4) is 0 Å². The highest BCUT2D eigenvalue weighted by Gasteiger charge is 2.13. The third-order valence-corrected chi connectivity index (χ3v) is 2.74. The van der Waals surface area contributed by atoms with E-state index in [1.54, 1.807) is 30.3 Å². The number of ether oxygens (including phenoxy) is 2. The summed E-state index contributed by atoms with van der Waals surface area (Å²) in [6.45, 7) is 0.185. The number of esters is 1. The van der Waals surface area contributed by atoms with E-state index in [2.05, 4.69) is 4.98 Å². The van der Waals surface area contributed by atoms with Gasteiger partial charge in [0, 0.05) is 18.0 Å². The fraction of sp³-hybridized carbons (Fsp3) is 0.133. The van der Waals surface area contributed by atoms with Gasteiger partial charge in [0.05, 0.1) is 7.11 Å². The highest BCUT2D eigenvalue weighted by molar-refractivity contribution is 5.93. The standard InChI is InChI=1S/C15H13N3O3/c1-20-15(19)13-3-2-11(17)7-14(13)21-9-10-4-5-18-12(6-10)8-16/h2-7H,9,17H2,1H3. The Balaban J connectivity index is 2.21. The molecule has 0 radical (unpaired) electrons. The summed E-state index contributed by atoms with van der Waals surface area (Å²) in [4.78, 5) is 15.5. The maximum atomic E-state index is 11.7. The lowest BCUT2D eigenvalue weighted by atomic mass is 10.2. The van der Waals surface area contributed by atoms with Gasteiger partial charge in [0.1, 0.15) is 29.7 Å². The molecule has 0 aliphatic heterocycles. The molecular formula is C15H13N3O3. The molecule has 1 aromatic heterocycles. The average Bonchev–Trinajstić information content (AvgIpc) is 2.52. The molecular weight excluding hydrogens is 270 g/mol. The number of carbonyl (C=O) groups excluding carboxylic acids is 1. The van der Waals surface area contributed by atoms with Gasteiger partial charge in [0.2, 0.25) is 0 Å². The fourth-order valence-corrected chi connectivity index (χ4v) is 1.72. The minimum absolute atomic E-state index is 0.185. The molecule has 0 aliphatic rings. The number of nitrogens with two attached hydrogens (primary N) is 1. The number of nitriles is 1. The first-order valence-electron chi connectivity index (χ1n) is 6.09. The van der Waals surface area contributed by atoms with Crippen molar-refractivity contribution in [3.05, 3.63) is 53.3 Å². The molecule has 6 nitrogen and oxygen atoms in total. The maximum absolute atomic E-state index is 11.7. The van der Waals surface area contributed by atoms with Crippen molar-refractivity contribution in [3.8, 4) is 11.8 Å². The second kappa shape index (κ2) is 6.39. The van der Waals surface area contributed by atoms with Crippen molar-refractivity contribution in [3.63, 3.8) is 0 Å². The number of aromatic nitrogens is 1. The average molecular weight is 283 g/mol. The molecule has 0 unspecified atom stereocenters. The fourth-order valence-electron chi connectivity index (χ4n) is 1.72. The lowest BCUT2D eigenvalue weighted by Crippen LogP contribution is -2.06. The van der Waals surface area contributed by atoms with Crippen LogP contribution in [0.1, 0.15) is 21.6 Å². The molecule has 106 valence electrons. The Labute approximate surface area is 121 Å². The number of nitrogens with zero attached hydrogens (tertiary/aromatic N) is 2. The van der Waals surface area contributed by atoms with Crippen molar-refractivity contribution >= 4 is 11.7 Å². The van der Waals surface area contributed by atoms with Crippen molar-refractivity contribution in [2.45, 2.75) is 6.61 Å². The van der Waals surface area contributed by atoms with E-state index in [-0.39, 0.29) is 6.61 Å². The molecule has 0 saturated heterocycles. The number of carbonyl (C=O) groups is 1.